The lowest BCUT2D eigenvalue weighted by atomic mass is 9.98. The molecule has 0 aromatic carbocycles. The molecule has 1 aliphatic rings. The van der Waals surface area contributed by atoms with Crippen molar-refractivity contribution in [3.05, 3.63) is 28.5 Å². The van der Waals surface area contributed by atoms with Crippen LogP contribution in [0.15, 0.2) is 12.1 Å². The fourth-order valence-electron chi connectivity index (χ4n) is 1.67. The zero-order chi connectivity index (χ0) is 10.2. The fraction of sp³-hybridized carbons (Fsp3) is 0.455. The first-order chi connectivity index (χ1) is 6.63. The predicted octanol–water partition coefficient (Wildman–Crippen LogP) is 2.89. The SMILES string of the molecule is Cc1cc(CC2(C#N)CC2)cc(Cl)n1. The van der Waals surface area contributed by atoms with Gasteiger partial charge in [0.25, 0.3) is 0 Å². The van der Waals surface area contributed by atoms with Crippen molar-refractivity contribution in [2.75, 3.05) is 0 Å². The van der Waals surface area contributed by atoms with Crippen molar-refractivity contribution >= 4 is 11.6 Å². The van der Waals surface area contributed by atoms with Crippen LogP contribution in [-0.2, 0) is 6.42 Å². The molecule has 0 N–H and O–H groups in total. The summed E-state index contributed by atoms with van der Waals surface area (Å²) in [6, 6.07) is 6.23. The van der Waals surface area contributed by atoms with Gasteiger partial charge in [-0.1, -0.05) is 11.6 Å². The van der Waals surface area contributed by atoms with Gasteiger partial charge < -0.3 is 0 Å². The Hall–Kier alpha value is -1.07. The summed E-state index contributed by atoms with van der Waals surface area (Å²) >= 11 is 5.85. The molecule has 0 bridgehead atoms. The molecular formula is C11H11ClN2. The molecule has 1 aromatic heterocycles. The van der Waals surface area contributed by atoms with Crippen molar-refractivity contribution in [1.29, 1.82) is 5.26 Å². The number of aryl methyl sites for hydroxylation is 1. The van der Waals surface area contributed by atoms with Gasteiger partial charge in [0.1, 0.15) is 5.15 Å². The minimum Gasteiger partial charge on any atom is -0.241 e. The van der Waals surface area contributed by atoms with Crippen LogP contribution in [0.2, 0.25) is 5.15 Å². The lowest BCUT2D eigenvalue weighted by molar-refractivity contribution is 0.664. The quantitative estimate of drug-likeness (QED) is 0.698. The van der Waals surface area contributed by atoms with Crippen LogP contribution in [0.25, 0.3) is 0 Å². The first-order valence-electron chi connectivity index (χ1n) is 4.68. The van der Waals surface area contributed by atoms with Crippen molar-refractivity contribution in [2.24, 2.45) is 5.41 Å². The molecule has 0 amide bonds. The van der Waals surface area contributed by atoms with Crippen LogP contribution < -0.4 is 0 Å². The van der Waals surface area contributed by atoms with Gasteiger partial charge in [-0.2, -0.15) is 5.26 Å². The zero-order valence-corrected chi connectivity index (χ0v) is 8.80. The molecule has 2 rings (SSSR count). The molecule has 0 spiro atoms. The van der Waals surface area contributed by atoms with E-state index in [1.165, 1.54) is 0 Å². The van der Waals surface area contributed by atoms with Crippen molar-refractivity contribution in [3.63, 3.8) is 0 Å². The fourth-order valence-corrected chi connectivity index (χ4v) is 1.94. The average Bonchev–Trinajstić information content (AvgIpc) is 2.83. The van der Waals surface area contributed by atoms with E-state index in [9.17, 15) is 0 Å². The van der Waals surface area contributed by atoms with Crippen LogP contribution >= 0.6 is 11.6 Å². The standard InChI is InChI=1S/C11H11ClN2/c1-8-4-9(5-10(12)14-8)6-11(7-13)2-3-11/h4-5H,2-3,6H2,1H3. The van der Waals surface area contributed by atoms with Crippen molar-refractivity contribution in [1.82, 2.24) is 4.98 Å². The van der Waals surface area contributed by atoms with Crippen molar-refractivity contribution in [2.45, 2.75) is 26.2 Å². The minimum absolute atomic E-state index is 0.100. The third-order valence-corrected chi connectivity index (χ3v) is 2.81. The second-order valence-corrected chi connectivity index (χ2v) is 4.40. The van der Waals surface area contributed by atoms with E-state index in [-0.39, 0.29) is 5.41 Å². The number of halogens is 1. The Bertz CT molecular complexity index is 382. The molecule has 1 heterocycles. The number of hydrogen-bond acceptors (Lipinski definition) is 2. The van der Waals surface area contributed by atoms with Gasteiger partial charge in [0.15, 0.2) is 0 Å². The van der Waals surface area contributed by atoms with Crippen molar-refractivity contribution in [3.8, 4) is 6.07 Å². The number of aromatic nitrogens is 1. The first kappa shape index (κ1) is 9.48. The Kier molecular flexibility index (Phi) is 2.20. The van der Waals surface area contributed by atoms with Crippen LogP contribution in [0.3, 0.4) is 0 Å². The highest BCUT2D eigenvalue weighted by atomic mass is 35.5. The van der Waals surface area contributed by atoms with Crippen molar-refractivity contribution < 1.29 is 0 Å². The summed E-state index contributed by atoms with van der Waals surface area (Å²) in [5.41, 5.74) is 1.94. The molecule has 0 atom stereocenters. The maximum absolute atomic E-state index is 8.96. The van der Waals surface area contributed by atoms with E-state index >= 15 is 0 Å². The van der Waals surface area contributed by atoms with E-state index in [1.54, 1.807) is 0 Å². The molecular weight excluding hydrogens is 196 g/mol. The van der Waals surface area contributed by atoms with E-state index in [4.69, 9.17) is 16.9 Å². The average molecular weight is 207 g/mol. The zero-order valence-electron chi connectivity index (χ0n) is 8.05. The van der Waals surface area contributed by atoms with Gasteiger partial charge in [0.2, 0.25) is 0 Å². The molecule has 0 saturated heterocycles. The van der Waals surface area contributed by atoms with Gasteiger partial charge >= 0.3 is 0 Å². The van der Waals surface area contributed by atoms with Gasteiger partial charge in [-0.3, -0.25) is 0 Å². The normalized spacial score (nSPS) is 17.5. The summed E-state index contributed by atoms with van der Waals surface area (Å²) in [6.45, 7) is 1.92. The number of nitrogens with zero attached hydrogens (tertiary/aromatic N) is 2. The third-order valence-electron chi connectivity index (χ3n) is 2.62. The van der Waals surface area contributed by atoms with E-state index in [0.717, 1.165) is 30.5 Å². The van der Waals surface area contributed by atoms with Crippen LogP contribution in [0.5, 0.6) is 0 Å². The highest BCUT2D eigenvalue weighted by molar-refractivity contribution is 6.29. The summed E-state index contributed by atoms with van der Waals surface area (Å²) in [7, 11) is 0. The maximum Gasteiger partial charge on any atom is 0.129 e. The minimum atomic E-state index is -0.100. The molecule has 1 saturated carbocycles. The molecule has 3 heteroatoms. The molecule has 72 valence electrons. The molecule has 1 fully saturated rings. The maximum atomic E-state index is 8.96. The van der Waals surface area contributed by atoms with Crippen LogP contribution in [-0.4, -0.2) is 4.98 Å². The molecule has 0 aliphatic heterocycles. The lowest BCUT2D eigenvalue weighted by Gasteiger charge is -2.06. The molecule has 0 unspecified atom stereocenters. The number of nitriles is 1. The Balaban J connectivity index is 2.22. The van der Waals surface area contributed by atoms with Gasteiger partial charge in [-0.15, -0.1) is 0 Å². The molecule has 0 radical (unpaired) electrons. The summed E-state index contributed by atoms with van der Waals surface area (Å²) in [5, 5.41) is 9.48. The van der Waals surface area contributed by atoms with Gasteiger partial charge in [-0.25, -0.2) is 4.98 Å². The van der Waals surface area contributed by atoms with Gasteiger partial charge in [0, 0.05) is 5.69 Å². The number of hydrogen-bond donors (Lipinski definition) is 0. The van der Waals surface area contributed by atoms with E-state index in [1.807, 2.05) is 19.1 Å². The van der Waals surface area contributed by atoms with Gasteiger partial charge in [0.05, 0.1) is 11.5 Å². The summed E-state index contributed by atoms with van der Waals surface area (Å²) < 4.78 is 0. The second-order valence-electron chi connectivity index (χ2n) is 4.01. The van der Waals surface area contributed by atoms with E-state index in [0.29, 0.717) is 5.15 Å². The summed E-state index contributed by atoms with van der Waals surface area (Å²) in [5.74, 6) is 0. The molecule has 1 aromatic rings. The number of rotatable bonds is 2. The summed E-state index contributed by atoms with van der Waals surface area (Å²) in [4.78, 5) is 4.09. The van der Waals surface area contributed by atoms with Gasteiger partial charge in [-0.05, 0) is 43.9 Å². The largest absolute Gasteiger partial charge is 0.241 e. The monoisotopic (exact) mass is 206 g/mol. The van der Waals surface area contributed by atoms with Crippen LogP contribution in [0.1, 0.15) is 24.1 Å². The number of pyridine rings is 1. The lowest BCUT2D eigenvalue weighted by Crippen LogP contribution is -2.02. The first-order valence-corrected chi connectivity index (χ1v) is 5.06. The van der Waals surface area contributed by atoms with E-state index < -0.39 is 0 Å². The second kappa shape index (κ2) is 3.25. The Morgan fingerprint density at radius 3 is 2.79 bits per heavy atom. The highest BCUT2D eigenvalue weighted by Gasteiger charge is 2.42. The van der Waals surface area contributed by atoms with Crippen LogP contribution in [0, 0.1) is 23.7 Å². The van der Waals surface area contributed by atoms with Crippen LogP contribution in [0.4, 0.5) is 0 Å². The predicted molar refractivity (Wildman–Crippen MR) is 55.0 cm³/mol. The summed E-state index contributed by atoms with van der Waals surface area (Å²) in [6.07, 6.45) is 2.84. The third kappa shape index (κ3) is 1.88. The highest BCUT2D eigenvalue weighted by Crippen LogP contribution is 2.47. The Morgan fingerprint density at radius 2 is 2.29 bits per heavy atom. The smallest absolute Gasteiger partial charge is 0.129 e. The molecule has 2 nitrogen and oxygen atoms in total. The van der Waals surface area contributed by atoms with E-state index in [2.05, 4.69) is 11.1 Å². The molecule has 14 heavy (non-hydrogen) atoms. The Labute approximate surface area is 88.5 Å². The molecule has 1 aliphatic carbocycles. The topological polar surface area (TPSA) is 36.7 Å². The Morgan fingerprint density at radius 1 is 1.57 bits per heavy atom.